The maximum Gasteiger partial charge on any atom is 2.00 e. The first kappa shape index (κ1) is 16.9. The van der Waals surface area contributed by atoms with Gasteiger partial charge in [-0.05, 0) is 6.42 Å². The van der Waals surface area contributed by atoms with Crippen LogP contribution in [0.3, 0.4) is 0 Å². The van der Waals surface area contributed by atoms with E-state index in [1.54, 1.807) is 0 Å². The van der Waals surface area contributed by atoms with E-state index in [4.69, 9.17) is 0 Å². The number of rotatable bonds is 4. The summed E-state index contributed by atoms with van der Waals surface area (Å²) in [4.78, 5) is 0. The van der Waals surface area contributed by atoms with E-state index in [2.05, 4.69) is 19.6 Å². The van der Waals surface area contributed by atoms with Crippen molar-refractivity contribution in [1.29, 1.82) is 0 Å². The van der Waals surface area contributed by atoms with Crippen LogP contribution in [-0.4, -0.2) is 23.1 Å². The second-order valence-corrected chi connectivity index (χ2v) is 1.69. The normalized spacial score (nSPS) is 8.00. The van der Waals surface area contributed by atoms with Crippen LogP contribution in [0.1, 0.15) is 19.3 Å². The zero-order chi connectivity index (χ0) is 6.24. The average molecular weight is 213 g/mol. The fourth-order valence-corrected chi connectivity index (χ4v) is 0.498. The maximum atomic E-state index is 3.62. The molecule has 0 rings (SSSR count). The van der Waals surface area contributed by atoms with Crippen molar-refractivity contribution in [3.05, 3.63) is 31.7 Å². The molecule has 0 aromatic rings. The van der Waals surface area contributed by atoms with E-state index in [9.17, 15) is 0 Å². The topological polar surface area (TPSA) is 0 Å². The van der Waals surface area contributed by atoms with Gasteiger partial charge in [0.15, 0.2) is 0 Å². The molecule has 54 valence electrons. The second kappa shape index (κ2) is 16.3. The van der Waals surface area contributed by atoms with E-state index >= 15 is 0 Å². The standard InChI is InChI=1S/C8H13.BrH.Mg/c1-3-5-7-8-6-4-2;;/h3-5H,1-2,6-8H2;1H;/q-1;;+2/p-1/b5-3+;;. The molecule has 0 bridgehead atoms. The van der Waals surface area contributed by atoms with Crippen molar-refractivity contribution in [2.45, 2.75) is 19.3 Å². The number of halogens is 1. The molecule has 0 saturated heterocycles. The Morgan fingerprint density at radius 1 is 1.30 bits per heavy atom. The quantitative estimate of drug-likeness (QED) is 0.252. The Kier molecular flexibility index (Phi) is 27.6. The van der Waals surface area contributed by atoms with E-state index in [0.29, 0.717) is 0 Å². The van der Waals surface area contributed by atoms with E-state index in [1.807, 2.05) is 12.2 Å². The number of allylic oxidation sites excluding steroid dienone is 3. The molecule has 0 unspecified atom stereocenters. The van der Waals surface area contributed by atoms with Gasteiger partial charge < -0.3 is 17.0 Å². The molecule has 0 heterocycles. The SMILES string of the molecule is C=CCCC/C=C/[CH2-].[Br-].[Mg+2]. The molecule has 0 atom stereocenters. The number of unbranched alkanes of at least 4 members (excludes halogenated alkanes) is 2. The predicted octanol–water partition coefficient (Wildman–Crippen LogP) is -0.644. The Hall–Kier alpha value is 0.596. The van der Waals surface area contributed by atoms with Crippen molar-refractivity contribution >= 4 is 23.1 Å². The van der Waals surface area contributed by atoms with Gasteiger partial charge in [0.25, 0.3) is 0 Å². The molecule has 0 amide bonds. The van der Waals surface area contributed by atoms with E-state index in [0.717, 1.165) is 12.8 Å². The molecule has 0 spiro atoms. The first-order chi connectivity index (χ1) is 3.91. The largest absolute Gasteiger partial charge is 2.00 e. The predicted molar refractivity (Wildman–Crippen MR) is 44.3 cm³/mol. The van der Waals surface area contributed by atoms with Gasteiger partial charge in [-0.25, -0.2) is 19.1 Å². The molecule has 0 aliphatic carbocycles. The van der Waals surface area contributed by atoms with Crippen LogP contribution >= 0.6 is 0 Å². The first-order valence-electron chi connectivity index (χ1n) is 2.97. The van der Waals surface area contributed by atoms with Crippen LogP contribution < -0.4 is 17.0 Å². The van der Waals surface area contributed by atoms with E-state index in [1.165, 1.54) is 6.42 Å². The van der Waals surface area contributed by atoms with Gasteiger partial charge in [-0.2, -0.15) is 0 Å². The van der Waals surface area contributed by atoms with Crippen molar-refractivity contribution in [3.8, 4) is 0 Å². The third kappa shape index (κ3) is 15.8. The van der Waals surface area contributed by atoms with Crippen molar-refractivity contribution < 1.29 is 17.0 Å². The zero-order valence-corrected chi connectivity index (χ0v) is 9.35. The Balaban J connectivity index is -0.000000245. The van der Waals surface area contributed by atoms with Crippen molar-refractivity contribution in [1.82, 2.24) is 0 Å². The van der Waals surface area contributed by atoms with Crippen molar-refractivity contribution in [3.63, 3.8) is 0 Å². The maximum absolute atomic E-state index is 3.62. The van der Waals surface area contributed by atoms with Crippen LogP contribution in [-0.2, 0) is 0 Å². The Morgan fingerprint density at radius 2 is 1.90 bits per heavy atom. The molecule has 0 aliphatic heterocycles. The van der Waals surface area contributed by atoms with E-state index < -0.39 is 0 Å². The summed E-state index contributed by atoms with van der Waals surface area (Å²) >= 11 is 0. The number of hydrogen-bond acceptors (Lipinski definition) is 0. The summed E-state index contributed by atoms with van der Waals surface area (Å²) in [5.41, 5.74) is 0. The minimum Gasteiger partial charge on any atom is -1.00 e. The number of hydrogen-bond donors (Lipinski definition) is 0. The molecule has 0 aliphatic rings. The molecule has 0 nitrogen and oxygen atoms in total. The minimum atomic E-state index is 0. The van der Waals surface area contributed by atoms with Gasteiger partial charge in [0.1, 0.15) is 0 Å². The Bertz CT molecular complexity index is 79.3. The van der Waals surface area contributed by atoms with Crippen LogP contribution in [0.5, 0.6) is 0 Å². The van der Waals surface area contributed by atoms with Gasteiger partial charge in [0, 0.05) is 0 Å². The smallest absolute Gasteiger partial charge is 1.00 e. The fraction of sp³-hybridized carbons (Fsp3) is 0.375. The van der Waals surface area contributed by atoms with Crippen LogP contribution in [0.25, 0.3) is 0 Å². The van der Waals surface area contributed by atoms with Gasteiger partial charge in [-0.1, -0.05) is 12.5 Å². The summed E-state index contributed by atoms with van der Waals surface area (Å²) in [5.74, 6) is 0. The van der Waals surface area contributed by atoms with Gasteiger partial charge in [-0.3, -0.25) is 0 Å². The summed E-state index contributed by atoms with van der Waals surface area (Å²) < 4.78 is 0. The van der Waals surface area contributed by atoms with Crippen molar-refractivity contribution in [2.24, 2.45) is 0 Å². The van der Waals surface area contributed by atoms with Gasteiger partial charge in [0.05, 0.1) is 0 Å². The molecule has 2 heteroatoms. The van der Waals surface area contributed by atoms with Crippen LogP contribution in [0.4, 0.5) is 0 Å². The molecule has 0 aromatic heterocycles. The third-order valence-electron chi connectivity index (χ3n) is 0.946. The average Bonchev–Trinajstić information content (AvgIpc) is 1.81. The molecular weight excluding hydrogens is 200 g/mol. The first-order valence-corrected chi connectivity index (χ1v) is 2.97. The summed E-state index contributed by atoms with van der Waals surface area (Å²) in [6.45, 7) is 7.20. The summed E-state index contributed by atoms with van der Waals surface area (Å²) in [5, 5.41) is 0. The molecule has 0 radical (unpaired) electrons. The summed E-state index contributed by atoms with van der Waals surface area (Å²) in [6.07, 6.45) is 9.30. The van der Waals surface area contributed by atoms with Crippen molar-refractivity contribution in [2.75, 3.05) is 0 Å². The Labute approximate surface area is 90.7 Å². The Morgan fingerprint density at radius 3 is 2.30 bits per heavy atom. The fourth-order valence-electron chi connectivity index (χ4n) is 0.498. The van der Waals surface area contributed by atoms with E-state index in [-0.39, 0.29) is 40.0 Å². The molecule has 0 fully saturated rings. The second-order valence-electron chi connectivity index (χ2n) is 1.69. The monoisotopic (exact) mass is 212 g/mol. The zero-order valence-electron chi connectivity index (χ0n) is 6.35. The molecular formula is C8H13BrMg. The van der Waals surface area contributed by atoms with Crippen LogP contribution in [0.2, 0.25) is 0 Å². The molecule has 10 heavy (non-hydrogen) atoms. The summed E-state index contributed by atoms with van der Waals surface area (Å²) in [6, 6.07) is 0. The van der Waals surface area contributed by atoms with Crippen LogP contribution in [0, 0.1) is 6.92 Å². The van der Waals surface area contributed by atoms with Gasteiger partial charge in [0.2, 0.25) is 0 Å². The van der Waals surface area contributed by atoms with Gasteiger partial charge >= 0.3 is 23.1 Å². The third-order valence-corrected chi connectivity index (χ3v) is 0.946. The minimum absolute atomic E-state index is 0. The molecule has 0 saturated carbocycles. The van der Waals surface area contributed by atoms with Crippen LogP contribution in [0.15, 0.2) is 24.8 Å². The van der Waals surface area contributed by atoms with Gasteiger partial charge in [-0.15, -0.1) is 13.0 Å². The summed E-state index contributed by atoms with van der Waals surface area (Å²) in [7, 11) is 0. The molecule has 0 aromatic carbocycles. The molecule has 0 N–H and O–H groups in total.